The maximum Gasteiger partial charge on any atom is 0.297 e. The van der Waals surface area contributed by atoms with Crippen LogP contribution in [0.25, 0.3) is 0 Å². The molecule has 20 heavy (non-hydrogen) atoms. The molecular weight excluding hydrogens is 280 g/mol. The Morgan fingerprint density at radius 1 is 1.00 bits per heavy atom. The van der Waals surface area contributed by atoms with Crippen LogP contribution in [0.15, 0.2) is 29.2 Å². The summed E-state index contributed by atoms with van der Waals surface area (Å²) in [6, 6.07) is 6.53. The van der Waals surface area contributed by atoms with Crippen molar-refractivity contribution in [2.75, 3.05) is 26.4 Å². The van der Waals surface area contributed by atoms with Crippen LogP contribution >= 0.6 is 0 Å². The number of ether oxygens (including phenoxy) is 2. The van der Waals surface area contributed by atoms with Gasteiger partial charge in [0.25, 0.3) is 10.1 Å². The van der Waals surface area contributed by atoms with Gasteiger partial charge < -0.3 is 9.47 Å². The number of hydrogen-bond acceptors (Lipinski definition) is 5. The molecular formula is C14H22O5S. The van der Waals surface area contributed by atoms with Crippen molar-refractivity contribution in [3.63, 3.8) is 0 Å². The van der Waals surface area contributed by atoms with E-state index in [1.54, 1.807) is 12.1 Å². The first kappa shape index (κ1) is 17.1. The van der Waals surface area contributed by atoms with E-state index in [1.165, 1.54) is 12.1 Å². The van der Waals surface area contributed by atoms with Gasteiger partial charge in [-0.05, 0) is 32.9 Å². The third kappa shape index (κ3) is 5.58. The van der Waals surface area contributed by atoms with Crippen LogP contribution in [0.4, 0.5) is 0 Å². The lowest BCUT2D eigenvalue weighted by atomic mass is 10.2. The van der Waals surface area contributed by atoms with Crippen LogP contribution in [0, 0.1) is 6.92 Å². The molecule has 1 aromatic rings. The lowest BCUT2D eigenvalue weighted by molar-refractivity contribution is 0.00266. The average molecular weight is 302 g/mol. The molecule has 0 saturated heterocycles. The lowest BCUT2D eigenvalue weighted by Gasteiger charge is -2.17. The van der Waals surface area contributed by atoms with Crippen LogP contribution in [0.3, 0.4) is 0 Å². The summed E-state index contributed by atoms with van der Waals surface area (Å²) < 4.78 is 39.9. The van der Waals surface area contributed by atoms with Crippen molar-refractivity contribution >= 4 is 10.1 Å². The molecule has 0 amide bonds. The van der Waals surface area contributed by atoms with E-state index in [2.05, 4.69) is 0 Å². The van der Waals surface area contributed by atoms with E-state index in [-0.39, 0.29) is 18.1 Å². The molecule has 0 bridgehead atoms. The Morgan fingerprint density at radius 2 is 1.50 bits per heavy atom. The van der Waals surface area contributed by atoms with Crippen molar-refractivity contribution in [3.8, 4) is 0 Å². The third-order valence-corrected chi connectivity index (χ3v) is 3.96. The normalized spacial score (nSPS) is 12.0. The highest BCUT2D eigenvalue weighted by Crippen LogP contribution is 2.15. The van der Waals surface area contributed by atoms with Crippen molar-refractivity contribution in [3.05, 3.63) is 29.8 Å². The van der Waals surface area contributed by atoms with Crippen molar-refractivity contribution in [1.82, 2.24) is 0 Å². The summed E-state index contributed by atoms with van der Waals surface area (Å²) in [6.45, 7) is 6.93. The fourth-order valence-corrected chi connectivity index (χ4v) is 2.59. The Bertz CT molecular complexity index is 473. The smallest absolute Gasteiger partial charge is 0.297 e. The van der Waals surface area contributed by atoms with Crippen LogP contribution in [-0.4, -0.2) is 40.9 Å². The van der Waals surface area contributed by atoms with Crippen LogP contribution in [0.5, 0.6) is 0 Å². The van der Waals surface area contributed by atoms with Crippen LogP contribution < -0.4 is 0 Å². The Morgan fingerprint density at radius 3 is 1.95 bits per heavy atom. The molecule has 0 atom stereocenters. The minimum absolute atomic E-state index is 0.140. The molecule has 114 valence electrons. The molecule has 0 aliphatic carbocycles. The molecule has 0 aromatic heterocycles. The van der Waals surface area contributed by atoms with Gasteiger partial charge in [-0.2, -0.15) is 8.42 Å². The molecule has 0 saturated carbocycles. The van der Waals surface area contributed by atoms with Crippen LogP contribution in [0.2, 0.25) is 0 Å². The van der Waals surface area contributed by atoms with E-state index in [1.807, 2.05) is 20.8 Å². The monoisotopic (exact) mass is 302 g/mol. The molecule has 0 aliphatic rings. The van der Waals surface area contributed by atoms with Gasteiger partial charge in [-0.3, -0.25) is 4.18 Å². The Balaban J connectivity index is 2.76. The molecule has 0 radical (unpaired) electrons. The standard InChI is InChI=1S/C14H22O5S/c1-4-17-10-13(11-18-5-2)19-20(15,16)14-8-6-12(3)7-9-14/h6-9,13H,4-5,10-11H2,1-3H3. The summed E-state index contributed by atoms with van der Waals surface area (Å²) in [6.07, 6.45) is -0.638. The van der Waals surface area contributed by atoms with Gasteiger partial charge in [-0.15, -0.1) is 0 Å². The van der Waals surface area contributed by atoms with Gasteiger partial charge in [0.05, 0.1) is 18.1 Å². The van der Waals surface area contributed by atoms with Gasteiger partial charge in [-0.25, -0.2) is 0 Å². The SMILES string of the molecule is CCOCC(COCC)OS(=O)(=O)c1ccc(C)cc1. The first-order chi connectivity index (χ1) is 9.49. The van der Waals surface area contributed by atoms with Crippen molar-refractivity contribution in [2.24, 2.45) is 0 Å². The minimum atomic E-state index is -3.80. The second-order valence-electron chi connectivity index (χ2n) is 4.30. The summed E-state index contributed by atoms with van der Waals surface area (Å²) in [5, 5.41) is 0. The Hall–Kier alpha value is -0.950. The molecule has 0 N–H and O–H groups in total. The largest absolute Gasteiger partial charge is 0.379 e. The molecule has 0 unspecified atom stereocenters. The predicted molar refractivity (Wildman–Crippen MR) is 76.2 cm³/mol. The van der Waals surface area contributed by atoms with E-state index >= 15 is 0 Å². The highest BCUT2D eigenvalue weighted by Gasteiger charge is 2.22. The maximum absolute atomic E-state index is 12.1. The van der Waals surface area contributed by atoms with E-state index < -0.39 is 16.2 Å². The number of rotatable bonds is 9. The van der Waals surface area contributed by atoms with Gasteiger partial charge in [0.15, 0.2) is 0 Å². The van der Waals surface area contributed by atoms with Gasteiger partial charge in [0.2, 0.25) is 0 Å². The quantitative estimate of drug-likeness (QED) is 0.654. The zero-order valence-corrected chi connectivity index (χ0v) is 13.0. The first-order valence-corrected chi connectivity index (χ1v) is 8.05. The Labute approximate surface area is 121 Å². The van der Waals surface area contributed by atoms with Crippen LogP contribution in [-0.2, 0) is 23.8 Å². The summed E-state index contributed by atoms with van der Waals surface area (Å²) in [5.74, 6) is 0. The highest BCUT2D eigenvalue weighted by molar-refractivity contribution is 7.86. The van der Waals surface area contributed by atoms with E-state index in [9.17, 15) is 8.42 Å². The fraction of sp³-hybridized carbons (Fsp3) is 0.571. The van der Waals surface area contributed by atoms with Crippen molar-refractivity contribution in [2.45, 2.75) is 31.8 Å². The second-order valence-corrected chi connectivity index (χ2v) is 5.88. The average Bonchev–Trinajstić information content (AvgIpc) is 2.42. The number of benzene rings is 1. The van der Waals surface area contributed by atoms with Gasteiger partial charge in [-0.1, -0.05) is 17.7 Å². The zero-order chi connectivity index (χ0) is 15.0. The molecule has 0 fully saturated rings. The summed E-state index contributed by atoms with van der Waals surface area (Å²) in [4.78, 5) is 0.140. The first-order valence-electron chi connectivity index (χ1n) is 6.65. The fourth-order valence-electron chi connectivity index (χ4n) is 1.54. The maximum atomic E-state index is 12.1. The van der Waals surface area contributed by atoms with Gasteiger partial charge >= 0.3 is 0 Å². The summed E-state index contributed by atoms with van der Waals surface area (Å²) >= 11 is 0. The van der Waals surface area contributed by atoms with Gasteiger partial charge in [0, 0.05) is 13.2 Å². The molecule has 1 aromatic carbocycles. The highest BCUT2D eigenvalue weighted by atomic mass is 32.2. The third-order valence-electron chi connectivity index (χ3n) is 2.59. The second kappa shape index (κ2) is 8.36. The van der Waals surface area contributed by atoms with Crippen molar-refractivity contribution < 1.29 is 22.1 Å². The Kier molecular flexibility index (Phi) is 7.15. The summed E-state index contributed by atoms with van der Waals surface area (Å²) in [7, 11) is -3.80. The number of aryl methyl sites for hydroxylation is 1. The minimum Gasteiger partial charge on any atom is -0.379 e. The predicted octanol–water partition coefficient (Wildman–Crippen LogP) is 2.14. The topological polar surface area (TPSA) is 61.8 Å². The zero-order valence-electron chi connectivity index (χ0n) is 12.2. The molecule has 6 heteroatoms. The molecule has 0 spiro atoms. The molecule has 1 rings (SSSR count). The molecule has 0 aliphatic heterocycles. The molecule has 0 heterocycles. The van der Waals surface area contributed by atoms with Crippen molar-refractivity contribution in [1.29, 1.82) is 0 Å². The summed E-state index contributed by atoms with van der Waals surface area (Å²) in [5.41, 5.74) is 0.990. The van der Waals surface area contributed by atoms with Crippen LogP contribution in [0.1, 0.15) is 19.4 Å². The van der Waals surface area contributed by atoms with Gasteiger partial charge in [0.1, 0.15) is 6.10 Å². The van der Waals surface area contributed by atoms with E-state index in [0.29, 0.717) is 13.2 Å². The van der Waals surface area contributed by atoms with E-state index in [0.717, 1.165) is 5.56 Å². The molecule has 5 nitrogen and oxygen atoms in total. The number of hydrogen-bond donors (Lipinski definition) is 0. The lowest BCUT2D eigenvalue weighted by Crippen LogP contribution is -2.28. The van der Waals surface area contributed by atoms with E-state index in [4.69, 9.17) is 13.7 Å².